The Morgan fingerprint density at radius 2 is 1.74 bits per heavy atom. The first-order chi connectivity index (χ1) is 18.1. The molecular weight excluding hydrogens is 503 g/mol. The fraction of sp³-hybridized carbons (Fsp3) is 0.269. The van der Waals surface area contributed by atoms with Crippen LogP contribution in [-0.4, -0.2) is 67.6 Å². The molecule has 0 aliphatic carbocycles. The number of carboxylic acid groups (broad SMARTS) is 1. The zero-order valence-corrected chi connectivity index (χ0v) is 20.3. The molecule has 1 N–H and O–H groups in total. The number of aryl methyl sites for hydroxylation is 1. The number of pyridine rings is 2. The van der Waals surface area contributed by atoms with E-state index in [-0.39, 0.29) is 12.0 Å². The predicted molar refractivity (Wildman–Crippen MR) is 130 cm³/mol. The number of ether oxygens (including phenoxy) is 1. The smallest absolute Gasteiger partial charge is 0.475 e. The molecule has 38 heavy (non-hydrogen) atoms. The summed E-state index contributed by atoms with van der Waals surface area (Å²) in [6.07, 6.45) is 0.503. The van der Waals surface area contributed by atoms with Crippen LogP contribution < -0.4 is 0 Å². The van der Waals surface area contributed by atoms with Gasteiger partial charge in [-0.15, -0.1) is 5.10 Å². The molecule has 1 aliphatic rings. The third-order valence-corrected chi connectivity index (χ3v) is 5.90. The van der Waals surface area contributed by atoms with Crippen LogP contribution in [-0.2, 0) is 20.7 Å². The van der Waals surface area contributed by atoms with Crippen LogP contribution in [0.15, 0.2) is 67.1 Å². The van der Waals surface area contributed by atoms with Crippen molar-refractivity contribution in [1.29, 1.82) is 0 Å². The predicted octanol–water partition coefficient (Wildman–Crippen LogP) is 3.88. The summed E-state index contributed by atoms with van der Waals surface area (Å²) in [4.78, 5) is 27.7. The van der Waals surface area contributed by atoms with Crippen LogP contribution in [0.3, 0.4) is 0 Å². The molecule has 4 heterocycles. The van der Waals surface area contributed by atoms with Gasteiger partial charge in [0.05, 0.1) is 25.1 Å². The maximum atomic E-state index is 12.9. The molecule has 198 valence electrons. The van der Waals surface area contributed by atoms with Crippen LogP contribution in [0.4, 0.5) is 13.2 Å². The summed E-state index contributed by atoms with van der Waals surface area (Å²) in [5.41, 5.74) is 5.96. The number of carbonyl (C=O) groups excluding carboxylic acids is 1. The molecule has 9 nitrogen and oxygen atoms in total. The Morgan fingerprint density at radius 3 is 2.39 bits per heavy atom. The molecule has 0 saturated carbocycles. The molecule has 12 heteroatoms. The number of alkyl halides is 3. The largest absolute Gasteiger partial charge is 0.490 e. The molecule has 1 unspecified atom stereocenters. The van der Waals surface area contributed by atoms with Crippen LogP contribution in [0.5, 0.6) is 0 Å². The quantitative estimate of drug-likeness (QED) is 0.429. The van der Waals surface area contributed by atoms with Crippen molar-refractivity contribution >= 4 is 17.4 Å². The Morgan fingerprint density at radius 1 is 1.05 bits per heavy atom. The molecule has 0 spiro atoms. The monoisotopic (exact) mass is 527 g/mol. The van der Waals surface area contributed by atoms with Gasteiger partial charge in [-0.2, -0.15) is 13.2 Å². The lowest BCUT2D eigenvalue weighted by molar-refractivity contribution is -0.192. The Bertz CT molecular complexity index is 1410. The van der Waals surface area contributed by atoms with Gasteiger partial charge in [-0.1, -0.05) is 41.1 Å². The normalized spacial score (nSPS) is 15.6. The van der Waals surface area contributed by atoms with E-state index in [0.717, 1.165) is 27.9 Å². The van der Waals surface area contributed by atoms with Gasteiger partial charge in [0, 0.05) is 30.7 Å². The number of aromatic nitrogens is 4. The van der Waals surface area contributed by atoms with Crippen molar-refractivity contribution in [1.82, 2.24) is 24.7 Å². The summed E-state index contributed by atoms with van der Waals surface area (Å²) in [5.74, 6) is -2.65. The van der Waals surface area contributed by atoms with Crippen LogP contribution in [0.25, 0.3) is 16.6 Å². The fourth-order valence-electron chi connectivity index (χ4n) is 3.89. The number of aliphatic carboxylic acids is 1. The number of amides is 1. The fourth-order valence-corrected chi connectivity index (χ4v) is 3.89. The summed E-state index contributed by atoms with van der Waals surface area (Å²) in [5, 5.41) is 15.8. The highest BCUT2D eigenvalue weighted by Gasteiger charge is 2.38. The highest BCUT2D eigenvalue weighted by Crippen LogP contribution is 2.27. The molecule has 1 aliphatic heterocycles. The van der Waals surface area contributed by atoms with Gasteiger partial charge in [-0.25, -0.2) is 9.31 Å². The first-order valence-corrected chi connectivity index (χ1v) is 11.6. The maximum Gasteiger partial charge on any atom is 0.490 e. The molecule has 1 fully saturated rings. The van der Waals surface area contributed by atoms with Crippen LogP contribution in [0.2, 0.25) is 0 Å². The highest BCUT2D eigenvalue weighted by molar-refractivity contribution is 5.79. The third-order valence-electron chi connectivity index (χ3n) is 5.90. The number of nitrogens with zero attached hydrogens (tertiary/aromatic N) is 5. The minimum Gasteiger partial charge on any atom is -0.475 e. The molecule has 1 aromatic carbocycles. The van der Waals surface area contributed by atoms with Gasteiger partial charge in [0.15, 0.2) is 0 Å². The average molecular weight is 528 g/mol. The Balaban J connectivity index is 0.000000426. The zero-order valence-electron chi connectivity index (χ0n) is 20.3. The number of rotatable bonds is 4. The number of hydrogen-bond donors (Lipinski definition) is 1. The lowest BCUT2D eigenvalue weighted by atomic mass is 10.1. The number of fused-ring (bicyclic) bond motifs is 1. The van der Waals surface area contributed by atoms with Crippen molar-refractivity contribution in [3.8, 4) is 11.1 Å². The lowest BCUT2D eigenvalue weighted by Gasteiger charge is -2.32. The second-order valence-corrected chi connectivity index (χ2v) is 8.62. The van der Waals surface area contributed by atoms with Gasteiger partial charge in [0.1, 0.15) is 11.8 Å². The van der Waals surface area contributed by atoms with Crippen molar-refractivity contribution in [2.45, 2.75) is 25.6 Å². The average Bonchev–Trinajstić information content (AvgIpc) is 3.34. The molecule has 1 amide bonds. The summed E-state index contributed by atoms with van der Waals surface area (Å²) in [6, 6.07) is 16.1. The summed E-state index contributed by atoms with van der Waals surface area (Å²) in [6.45, 7) is 3.59. The summed E-state index contributed by atoms with van der Waals surface area (Å²) >= 11 is 0. The first-order valence-electron chi connectivity index (χ1n) is 11.6. The minimum absolute atomic E-state index is 0.105. The third kappa shape index (κ3) is 6.51. The molecule has 4 aromatic rings. The van der Waals surface area contributed by atoms with Crippen LogP contribution in [0.1, 0.15) is 22.9 Å². The van der Waals surface area contributed by atoms with Crippen molar-refractivity contribution in [2.24, 2.45) is 0 Å². The molecular formula is C26H24F3N5O4. The molecule has 1 saturated heterocycles. The molecule has 0 bridgehead atoms. The van der Waals surface area contributed by atoms with E-state index in [0.29, 0.717) is 26.1 Å². The van der Waals surface area contributed by atoms with E-state index in [1.54, 1.807) is 16.9 Å². The standard InChI is InChI=1S/C24H23N5O2.C2HF3O2/c1-17-2-4-18(5-3-17)14-23(30)28-12-13-31-22(16-28)24-21-7-6-20(15-29(21)27-26-24)19-8-10-25-11-9-19;3-2(4,5)1(6)7/h2-11,15,22H,12-14,16H2,1H3;(H,6,7). The maximum absolute atomic E-state index is 12.9. The highest BCUT2D eigenvalue weighted by atomic mass is 19.4. The van der Waals surface area contributed by atoms with Gasteiger partial charge in [0.2, 0.25) is 5.91 Å². The lowest BCUT2D eigenvalue weighted by Crippen LogP contribution is -2.43. The van der Waals surface area contributed by atoms with E-state index in [1.807, 2.05) is 66.6 Å². The second kappa shape index (κ2) is 11.4. The van der Waals surface area contributed by atoms with Crippen LogP contribution >= 0.6 is 0 Å². The zero-order chi connectivity index (χ0) is 27.3. The van der Waals surface area contributed by atoms with E-state index in [4.69, 9.17) is 14.6 Å². The minimum atomic E-state index is -5.08. The molecule has 3 aromatic heterocycles. The van der Waals surface area contributed by atoms with E-state index in [2.05, 4.69) is 15.3 Å². The SMILES string of the molecule is Cc1ccc(CC(=O)N2CCOC(c3nnn4cc(-c5ccncc5)ccc34)C2)cc1.O=C(O)C(F)(F)F. The van der Waals surface area contributed by atoms with Gasteiger partial charge in [-0.3, -0.25) is 9.78 Å². The van der Waals surface area contributed by atoms with E-state index in [9.17, 15) is 18.0 Å². The van der Waals surface area contributed by atoms with Gasteiger partial charge in [-0.05, 0) is 36.2 Å². The van der Waals surface area contributed by atoms with Crippen molar-refractivity contribution < 1.29 is 32.6 Å². The number of benzene rings is 1. The number of carboxylic acids is 1. The van der Waals surface area contributed by atoms with Crippen molar-refractivity contribution in [2.75, 3.05) is 19.7 Å². The van der Waals surface area contributed by atoms with Gasteiger partial charge < -0.3 is 14.7 Å². The summed E-state index contributed by atoms with van der Waals surface area (Å²) < 4.78 is 39.5. The molecule has 1 atom stereocenters. The molecule has 0 radical (unpaired) electrons. The number of morpholine rings is 1. The Kier molecular flexibility index (Phi) is 8.01. The van der Waals surface area contributed by atoms with Crippen molar-refractivity contribution in [3.05, 3.63) is 83.9 Å². The van der Waals surface area contributed by atoms with Crippen molar-refractivity contribution in [3.63, 3.8) is 0 Å². The van der Waals surface area contributed by atoms with Gasteiger partial charge in [0.25, 0.3) is 0 Å². The van der Waals surface area contributed by atoms with Gasteiger partial charge >= 0.3 is 12.1 Å². The van der Waals surface area contributed by atoms with Crippen LogP contribution in [0, 0.1) is 6.92 Å². The van der Waals surface area contributed by atoms with E-state index in [1.165, 1.54) is 5.56 Å². The van der Waals surface area contributed by atoms with E-state index >= 15 is 0 Å². The molecule has 5 rings (SSSR count). The number of hydrogen-bond acceptors (Lipinski definition) is 6. The summed E-state index contributed by atoms with van der Waals surface area (Å²) in [7, 11) is 0. The Hall–Kier alpha value is -4.32. The first kappa shape index (κ1) is 26.7. The van der Waals surface area contributed by atoms with E-state index < -0.39 is 12.1 Å². The Labute approximate surface area is 215 Å². The topological polar surface area (TPSA) is 110 Å². The second-order valence-electron chi connectivity index (χ2n) is 8.62. The number of halogens is 3. The number of carbonyl (C=O) groups is 2.